The normalized spacial score (nSPS) is 21.7. The van der Waals surface area contributed by atoms with Crippen molar-refractivity contribution in [2.24, 2.45) is 5.41 Å². The summed E-state index contributed by atoms with van der Waals surface area (Å²) in [7, 11) is -3.40. The minimum Gasteiger partial charge on any atom is -0.480 e. The van der Waals surface area contributed by atoms with E-state index in [0.717, 1.165) is 6.26 Å². The summed E-state index contributed by atoms with van der Waals surface area (Å²) in [5.74, 6) is -1.49. The van der Waals surface area contributed by atoms with E-state index < -0.39 is 21.8 Å². The van der Waals surface area contributed by atoms with E-state index in [-0.39, 0.29) is 22.1 Å². The van der Waals surface area contributed by atoms with Gasteiger partial charge in [0.15, 0.2) is 9.84 Å². The quantitative estimate of drug-likeness (QED) is 0.799. The Morgan fingerprint density at radius 2 is 1.82 bits per heavy atom. The van der Waals surface area contributed by atoms with Crippen LogP contribution in [-0.2, 0) is 19.4 Å². The first-order valence-electron chi connectivity index (χ1n) is 9.12. The number of benzene rings is 1. The highest BCUT2D eigenvalue weighted by atomic mass is 32.2. The molecule has 2 amide bonds. The Balaban J connectivity index is 1.71. The summed E-state index contributed by atoms with van der Waals surface area (Å²) >= 11 is 0. The highest BCUT2D eigenvalue weighted by Gasteiger charge is 2.49. The Morgan fingerprint density at radius 3 is 2.32 bits per heavy atom. The number of carbonyl (C=O) groups excluding carboxylic acids is 2. The SMILES string of the molecule is CC(=O)N1CC2(CCN(C(=O)c3cccc(S(C)(=O)=O)c3)CC2)C[C@@H]1C(=O)O. The molecule has 8 nitrogen and oxygen atoms in total. The molecule has 28 heavy (non-hydrogen) atoms. The summed E-state index contributed by atoms with van der Waals surface area (Å²) in [6.45, 7) is 2.66. The second-order valence-corrected chi connectivity index (χ2v) is 9.81. The van der Waals surface area contributed by atoms with Crippen molar-refractivity contribution >= 4 is 27.6 Å². The fraction of sp³-hybridized carbons (Fsp3) is 0.526. The topological polar surface area (TPSA) is 112 Å². The summed E-state index contributed by atoms with van der Waals surface area (Å²) in [5.41, 5.74) is 0.0270. The maximum Gasteiger partial charge on any atom is 0.326 e. The van der Waals surface area contributed by atoms with Crippen LogP contribution in [0.25, 0.3) is 0 Å². The van der Waals surface area contributed by atoms with Gasteiger partial charge in [0.1, 0.15) is 6.04 Å². The molecule has 152 valence electrons. The first kappa shape index (κ1) is 20.3. The molecule has 1 N–H and O–H groups in total. The lowest BCUT2D eigenvalue weighted by Gasteiger charge is -2.39. The molecule has 0 saturated carbocycles. The van der Waals surface area contributed by atoms with Gasteiger partial charge in [0.25, 0.3) is 5.91 Å². The fourth-order valence-electron chi connectivity index (χ4n) is 4.20. The van der Waals surface area contributed by atoms with Crippen LogP contribution < -0.4 is 0 Å². The smallest absolute Gasteiger partial charge is 0.326 e. The van der Waals surface area contributed by atoms with Crippen LogP contribution in [-0.4, -0.2) is 73.0 Å². The molecule has 2 aliphatic heterocycles. The number of carbonyl (C=O) groups is 3. The minimum absolute atomic E-state index is 0.101. The molecular formula is C19H24N2O6S. The molecule has 0 bridgehead atoms. The number of hydrogen-bond acceptors (Lipinski definition) is 5. The molecule has 1 atom stereocenters. The zero-order valence-electron chi connectivity index (χ0n) is 15.9. The molecule has 9 heteroatoms. The number of piperidine rings is 1. The van der Waals surface area contributed by atoms with Gasteiger partial charge >= 0.3 is 5.97 Å². The third kappa shape index (κ3) is 3.89. The maximum atomic E-state index is 12.8. The van der Waals surface area contributed by atoms with Crippen LogP contribution in [0, 0.1) is 5.41 Å². The molecule has 1 aromatic carbocycles. The van der Waals surface area contributed by atoms with Crippen molar-refractivity contribution in [1.82, 2.24) is 9.80 Å². The van der Waals surface area contributed by atoms with Gasteiger partial charge in [-0.1, -0.05) is 6.07 Å². The Bertz CT molecular complexity index is 894. The van der Waals surface area contributed by atoms with Gasteiger partial charge in [-0.2, -0.15) is 0 Å². The Labute approximate surface area is 164 Å². The summed E-state index contributed by atoms with van der Waals surface area (Å²) < 4.78 is 23.4. The van der Waals surface area contributed by atoms with Crippen molar-refractivity contribution in [2.45, 2.75) is 37.1 Å². The molecule has 0 aromatic heterocycles. The van der Waals surface area contributed by atoms with Crippen LogP contribution in [0.5, 0.6) is 0 Å². The standard InChI is InChI=1S/C19H24N2O6S/c1-13(22)21-12-19(11-16(21)18(24)25)6-8-20(9-7-19)17(23)14-4-3-5-15(10-14)28(2,26)27/h3-5,10,16H,6-9,11-12H2,1-2H3,(H,24,25)/t16-/m1/s1. The molecular weight excluding hydrogens is 384 g/mol. The molecule has 2 heterocycles. The first-order valence-corrected chi connectivity index (χ1v) is 11.0. The number of hydrogen-bond donors (Lipinski definition) is 1. The lowest BCUT2D eigenvalue weighted by atomic mass is 9.76. The third-order valence-electron chi connectivity index (χ3n) is 5.82. The zero-order chi connectivity index (χ0) is 20.7. The molecule has 0 aliphatic carbocycles. The largest absolute Gasteiger partial charge is 0.480 e. The van der Waals surface area contributed by atoms with E-state index in [9.17, 15) is 27.9 Å². The van der Waals surface area contributed by atoms with Gasteiger partial charge in [-0.05, 0) is 42.9 Å². The molecule has 2 aliphatic rings. The van der Waals surface area contributed by atoms with E-state index in [1.165, 1.54) is 24.0 Å². The van der Waals surface area contributed by atoms with Crippen LogP contribution >= 0.6 is 0 Å². The highest BCUT2D eigenvalue weighted by Crippen LogP contribution is 2.43. The van der Waals surface area contributed by atoms with E-state index in [0.29, 0.717) is 44.5 Å². The second-order valence-electron chi connectivity index (χ2n) is 7.80. The third-order valence-corrected chi connectivity index (χ3v) is 6.93. The maximum absolute atomic E-state index is 12.8. The Hall–Kier alpha value is -2.42. The average Bonchev–Trinajstić information content (AvgIpc) is 3.01. The zero-order valence-corrected chi connectivity index (χ0v) is 16.7. The Kier molecular flexibility index (Phi) is 5.22. The van der Waals surface area contributed by atoms with Gasteiger partial charge in [-0.25, -0.2) is 13.2 Å². The summed E-state index contributed by atoms with van der Waals surface area (Å²) in [6.07, 6.45) is 2.71. The van der Waals surface area contributed by atoms with Crippen LogP contribution in [0.3, 0.4) is 0 Å². The lowest BCUT2D eigenvalue weighted by molar-refractivity contribution is -0.147. The number of likely N-dealkylation sites (tertiary alicyclic amines) is 2. The molecule has 1 spiro atoms. The first-order chi connectivity index (χ1) is 13.0. The van der Waals surface area contributed by atoms with Crippen LogP contribution in [0.4, 0.5) is 0 Å². The van der Waals surface area contributed by atoms with Gasteiger partial charge in [-0.3, -0.25) is 9.59 Å². The van der Waals surface area contributed by atoms with Crippen molar-refractivity contribution in [3.63, 3.8) is 0 Å². The van der Waals surface area contributed by atoms with Crippen LogP contribution in [0.15, 0.2) is 29.2 Å². The average molecular weight is 408 g/mol. The summed E-state index contributed by atoms with van der Waals surface area (Å²) in [4.78, 5) is 39.3. The van der Waals surface area contributed by atoms with E-state index in [1.807, 2.05) is 0 Å². The molecule has 0 radical (unpaired) electrons. The fourth-order valence-corrected chi connectivity index (χ4v) is 4.86. The van der Waals surface area contributed by atoms with E-state index in [2.05, 4.69) is 0 Å². The van der Waals surface area contributed by atoms with Crippen molar-refractivity contribution in [2.75, 3.05) is 25.9 Å². The molecule has 0 unspecified atom stereocenters. The number of sulfone groups is 1. The Morgan fingerprint density at radius 1 is 1.18 bits per heavy atom. The van der Waals surface area contributed by atoms with Crippen molar-refractivity contribution in [1.29, 1.82) is 0 Å². The number of amides is 2. The molecule has 3 rings (SSSR count). The number of rotatable bonds is 3. The summed E-state index contributed by atoms with van der Waals surface area (Å²) in [6, 6.07) is 5.17. The number of aliphatic carboxylic acids is 1. The minimum atomic E-state index is -3.40. The van der Waals surface area contributed by atoms with Crippen molar-refractivity contribution in [3.8, 4) is 0 Å². The van der Waals surface area contributed by atoms with Crippen molar-refractivity contribution < 1.29 is 27.9 Å². The van der Waals surface area contributed by atoms with Gasteiger partial charge in [-0.15, -0.1) is 0 Å². The number of nitrogens with zero attached hydrogens (tertiary/aromatic N) is 2. The van der Waals surface area contributed by atoms with E-state index in [4.69, 9.17) is 0 Å². The molecule has 2 saturated heterocycles. The predicted molar refractivity (Wildman–Crippen MR) is 101 cm³/mol. The number of carboxylic acids is 1. The van der Waals surface area contributed by atoms with Gasteiger partial charge in [0, 0.05) is 38.4 Å². The highest BCUT2D eigenvalue weighted by molar-refractivity contribution is 7.90. The van der Waals surface area contributed by atoms with Gasteiger partial charge < -0.3 is 14.9 Å². The lowest BCUT2D eigenvalue weighted by Crippen LogP contribution is -2.44. The predicted octanol–water partition coefficient (Wildman–Crippen LogP) is 1.02. The van der Waals surface area contributed by atoms with Crippen LogP contribution in [0.1, 0.15) is 36.5 Å². The van der Waals surface area contributed by atoms with Gasteiger partial charge in [0.05, 0.1) is 4.90 Å². The second kappa shape index (κ2) is 7.20. The van der Waals surface area contributed by atoms with Gasteiger partial charge in [0.2, 0.25) is 5.91 Å². The van der Waals surface area contributed by atoms with E-state index >= 15 is 0 Å². The molecule has 1 aromatic rings. The van der Waals surface area contributed by atoms with Crippen molar-refractivity contribution in [3.05, 3.63) is 29.8 Å². The van der Waals surface area contributed by atoms with E-state index in [1.54, 1.807) is 17.0 Å². The van der Waals surface area contributed by atoms with Crippen LogP contribution in [0.2, 0.25) is 0 Å². The summed E-state index contributed by atoms with van der Waals surface area (Å²) in [5, 5.41) is 9.42. The monoisotopic (exact) mass is 408 g/mol. The number of carboxylic acid groups (broad SMARTS) is 1. The molecule has 2 fully saturated rings.